The molecule has 1 unspecified atom stereocenters. The number of unbranched alkanes of at least 4 members (excludes halogenated alkanes) is 1. The molecule has 1 heterocycles. The summed E-state index contributed by atoms with van der Waals surface area (Å²) >= 11 is 0. The number of nitrogens with two attached hydrogens (primary N) is 1. The molecule has 4 rings (SSSR count). The van der Waals surface area contributed by atoms with Gasteiger partial charge in [0.25, 0.3) is 0 Å². The van der Waals surface area contributed by atoms with Crippen LogP contribution >= 0.6 is 0 Å². The van der Waals surface area contributed by atoms with Crippen molar-refractivity contribution in [3.05, 3.63) is 102 Å². The molecule has 1 aliphatic rings. The van der Waals surface area contributed by atoms with Crippen LogP contribution < -0.4 is 15.8 Å². The molecule has 0 spiro atoms. The lowest BCUT2D eigenvalue weighted by molar-refractivity contribution is 0.472. The van der Waals surface area contributed by atoms with E-state index >= 15 is 0 Å². The molecule has 5 N–H and O–H groups in total. The third-order valence-electron chi connectivity index (χ3n) is 6.45. The van der Waals surface area contributed by atoms with E-state index < -0.39 is 10.0 Å². The number of sulfonamides is 1. The van der Waals surface area contributed by atoms with E-state index in [1.165, 1.54) is 12.0 Å². The Morgan fingerprint density at radius 3 is 2.64 bits per heavy atom. The Morgan fingerprint density at radius 1 is 1.03 bits per heavy atom. The zero-order chi connectivity index (χ0) is 25.4. The Balaban J connectivity index is 1.26. The quantitative estimate of drug-likeness (QED) is 0.279. The number of phenols is 1. The number of aryl methyl sites for hydroxylation is 1. The van der Waals surface area contributed by atoms with Crippen LogP contribution in [-0.4, -0.2) is 37.6 Å². The van der Waals surface area contributed by atoms with E-state index in [0.717, 1.165) is 55.2 Å². The van der Waals surface area contributed by atoms with Gasteiger partial charge in [0, 0.05) is 43.5 Å². The predicted molar refractivity (Wildman–Crippen MR) is 141 cm³/mol. The lowest BCUT2D eigenvalue weighted by Gasteiger charge is -2.34. The number of phenolic OH excluding ortho intramolecular Hbond substituents is 1. The minimum atomic E-state index is -3.46. The maximum atomic E-state index is 12.3. The SMILES string of the molecule is NC(CCCCNS(=O)(=O)c1ccccc1)CN[C]1CCc2cc(O)ccc2[C]1Cc1cccnc1. The molecule has 0 bridgehead atoms. The van der Waals surface area contributed by atoms with Crippen LogP contribution in [0.4, 0.5) is 0 Å². The van der Waals surface area contributed by atoms with Crippen molar-refractivity contribution >= 4 is 10.0 Å². The molecule has 0 amide bonds. The minimum Gasteiger partial charge on any atom is -0.508 e. The van der Waals surface area contributed by atoms with Crippen LogP contribution in [0.2, 0.25) is 0 Å². The summed E-state index contributed by atoms with van der Waals surface area (Å²) in [6.45, 7) is 1.04. The zero-order valence-corrected chi connectivity index (χ0v) is 21.2. The number of aromatic nitrogens is 1. The Bertz CT molecular complexity index is 1210. The Kier molecular flexibility index (Phi) is 9.09. The molecule has 7 nitrogen and oxygen atoms in total. The van der Waals surface area contributed by atoms with Crippen molar-refractivity contribution < 1.29 is 13.5 Å². The van der Waals surface area contributed by atoms with Gasteiger partial charge in [-0.1, -0.05) is 36.8 Å². The highest BCUT2D eigenvalue weighted by Crippen LogP contribution is 2.39. The third-order valence-corrected chi connectivity index (χ3v) is 7.93. The molecule has 8 heteroatoms. The lowest BCUT2D eigenvalue weighted by atomic mass is 9.76. The van der Waals surface area contributed by atoms with E-state index in [1.807, 2.05) is 24.4 Å². The van der Waals surface area contributed by atoms with Gasteiger partial charge in [-0.15, -0.1) is 0 Å². The fraction of sp³-hybridized carbons (Fsp3) is 0.321. The number of pyridine rings is 1. The lowest BCUT2D eigenvalue weighted by Crippen LogP contribution is -2.40. The van der Waals surface area contributed by atoms with Crippen molar-refractivity contribution in [3.8, 4) is 5.75 Å². The molecule has 0 saturated heterocycles. The van der Waals surface area contributed by atoms with Gasteiger partial charge in [0.1, 0.15) is 5.75 Å². The van der Waals surface area contributed by atoms with Crippen LogP contribution in [0.1, 0.15) is 42.4 Å². The van der Waals surface area contributed by atoms with Crippen molar-refractivity contribution in [2.75, 3.05) is 13.1 Å². The van der Waals surface area contributed by atoms with Crippen molar-refractivity contribution in [2.24, 2.45) is 5.73 Å². The summed E-state index contributed by atoms with van der Waals surface area (Å²) in [5.74, 6) is 1.51. The number of fused-ring (bicyclic) bond motifs is 1. The fourth-order valence-electron chi connectivity index (χ4n) is 4.54. The molecule has 0 fully saturated rings. The number of nitrogens with zero attached hydrogens (tertiary/aromatic N) is 1. The average Bonchev–Trinajstić information content (AvgIpc) is 2.89. The standard InChI is InChI=1S/C28H34N4O3S/c29-23(8-4-5-16-32-36(34,35)25-9-2-1-3-10-25)20-31-28-14-11-22-18-24(33)12-13-26(22)27(28)17-21-7-6-15-30-19-21/h1-3,6-7,9-10,12-13,15,18-19,23,31-33H,4-5,8,11,14,16-17,20,29H2. The third kappa shape index (κ3) is 7.13. The summed E-state index contributed by atoms with van der Waals surface area (Å²) in [6, 6.07) is 19.2. The van der Waals surface area contributed by atoms with Crippen LogP contribution in [-0.2, 0) is 22.9 Å². The van der Waals surface area contributed by atoms with Crippen LogP contribution in [0, 0.1) is 12.0 Å². The summed E-state index contributed by atoms with van der Waals surface area (Å²) in [4.78, 5) is 4.54. The van der Waals surface area contributed by atoms with Crippen molar-refractivity contribution in [2.45, 2.75) is 49.5 Å². The number of aromatic hydroxyl groups is 1. The predicted octanol–water partition coefficient (Wildman–Crippen LogP) is 3.50. The smallest absolute Gasteiger partial charge is 0.240 e. The minimum absolute atomic E-state index is 0.0379. The molecule has 2 aromatic carbocycles. The van der Waals surface area contributed by atoms with Crippen molar-refractivity contribution in [3.63, 3.8) is 0 Å². The molecule has 1 aromatic heterocycles. The van der Waals surface area contributed by atoms with Gasteiger partial charge in [0.05, 0.1) is 4.90 Å². The second kappa shape index (κ2) is 12.5. The Labute approximate surface area is 214 Å². The van der Waals surface area contributed by atoms with E-state index in [9.17, 15) is 13.5 Å². The molecule has 1 aliphatic carbocycles. The van der Waals surface area contributed by atoms with Crippen LogP contribution in [0.5, 0.6) is 5.75 Å². The van der Waals surface area contributed by atoms with E-state index in [2.05, 4.69) is 21.1 Å². The highest BCUT2D eigenvalue weighted by atomic mass is 32.2. The zero-order valence-electron chi connectivity index (χ0n) is 20.4. The highest BCUT2D eigenvalue weighted by molar-refractivity contribution is 7.89. The summed E-state index contributed by atoms with van der Waals surface area (Å²) in [7, 11) is -3.46. The molecule has 0 saturated carbocycles. The van der Waals surface area contributed by atoms with Crippen molar-refractivity contribution in [1.82, 2.24) is 15.0 Å². The molecule has 190 valence electrons. The van der Waals surface area contributed by atoms with Gasteiger partial charge in [0.15, 0.2) is 0 Å². The summed E-state index contributed by atoms with van der Waals surface area (Å²) in [5.41, 5.74) is 9.84. The van der Waals surface area contributed by atoms with Gasteiger partial charge >= 0.3 is 0 Å². The first kappa shape index (κ1) is 26.3. The monoisotopic (exact) mass is 506 g/mol. The summed E-state index contributed by atoms with van der Waals surface area (Å²) in [5, 5.41) is 13.5. The molecule has 0 aliphatic heterocycles. The molecule has 2 radical (unpaired) electrons. The number of hydrogen-bond donors (Lipinski definition) is 4. The normalized spacial score (nSPS) is 15.5. The number of hydrogen-bond acceptors (Lipinski definition) is 6. The van der Waals surface area contributed by atoms with E-state index in [4.69, 9.17) is 5.73 Å². The van der Waals surface area contributed by atoms with Crippen LogP contribution in [0.15, 0.2) is 78.0 Å². The van der Waals surface area contributed by atoms with E-state index in [1.54, 1.807) is 42.6 Å². The highest BCUT2D eigenvalue weighted by Gasteiger charge is 2.31. The van der Waals surface area contributed by atoms with Crippen LogP contribution in [0.25, 0.3) is 0 Å². The average molecular weight is 507 g/mol. The molecular formula is C28H34N4O3S. The molecule has 3 aromatic rings. The number of nitrogens with one attached hydrogen (secondary N) is 2. The van der Waals surface area contributed by atoms with Gasteiger partial charge in [-0.05, 0) is 79.1 Å². The van der Waals surface area contributed by atoms with Gasteiger partial charge < -0.3 is 16.2 Å². The van der Waals surface area contributed by atoms with Crippen molar-refractivity contribution in [1.29, 1.82) is 0 Å². The second-order valence-electron chi connectivity index (χ2n) is 9.18. The van der Waals surface area contributed by atoms with Gasteiger partial charge in [-0.2, -0.15) is 0 Å². The number of benzene rings is 2. The first-order valence-electron chi connectivity index (χ1n) is 12.4. The van der Waals surface area contributed by atoms with E-state index in [-0.39, 0.29) is 10.9 Å². The van der Waals surface area contributed by atoms with Gasteiger partial charge in [0.2, 0.25) is 10.0 Å². The topological polar surface area (TPSA) is 117 Å². The number of rotatable bonds is 12. The maximum Gasteiger partial charge on any atom is 0.240 e. The molecule has 36 heavy (non-hydrogen) atoms. The second-order valence-corrected chi connectivity index (χ2v) is 11.0. The summed E-state index contributed by atoms with van der Waals surface area (Å²) < 4.78 is 27.3. The van der Waals surface area contributed by atoms with E-state index in [0.29, 0.717) is 18.8 Å². The summed E-state index contributed by atoms with van der Waals surface area (Å²) in [6.07, 6.45) is 8.50. The van der Waals surface area contributed by atoms with Crippen LogP contribution in [0.3, 0.4) is 0 Å². The van der Waals surface area contributed by atoms with Gasteiger partial charge in [-0.25, -0.2) is 13.1 Å². The van der Waals surface area contributed by atoms with Gasteiger partial charge in [-0.3, -0.25) is 4.98 Å². The Morgan fingerprint density at radius 2 is 1.86 bits per heavy atom. The maximum absolute atomic E-state index is 12.3. The molecule has 1 atom stereocenters. The first-order valence-corrected chi connectivity index (χ1v) is 13.9. The largest absolute Gasteiger partial charge is 0.508 e. The first-order chi connectivity index (χ1) is 17.4. The fourth-order valence-corrected chi connectivity index (χ4v) is 5.63. The Hall–Kier alpha value is -2.78. The molecular weight excluding hydrogens is 472 g/mol.